The minimum absolute atomic E-state index is 0.629. The molecule has 0 radical (unpaired) electrons. The summed E-state index contributed by atoms with van der Waals surface area (Å²) in [4.78, 5) is 2.14. The van der Waals surface area contributed by atoms with E-state index in [-0.39, 0.29) is 0 Å². The Morgan fingerprint density at radius 3 is 2.15 bits per heavy atom. The third-order valence-electron chi connectivity index (χ3n) is 3.81. The molecule has 4 nitrogen and oxygen atoms in total. The topological polar surface area (TPSA) is 39.3 Å². The van der Waals surface area contributed by atoms with E-state index in [0.29, 0.717) is 5.11 Å². The van der Waals surface area contributed by atoms with Crippen molar-refractivity contribution >= 4 is 46.0 Å². The van der Waals surface area contributed by atoms with Gasteiger partial charge in [0.2, 0.25) is 0 Å². The SMILES string of the molecule is CCNC(=S)Nc1ccc(N(CCc2ccccc2)C(=S)NCC)cc1. The van der Waals surface area contributed by atoms with Crippen LogP contribution in [0.4, 0.5) is 11.4 Å². The van der Waals surface area contributed by atoms with E-state index in [1.165, 1.54) is 5.56 Å². The molecule has 0 unspecified atom stereocenters. The van der Waals surface area contributed by atoms with Gasteiger partial charge in [0, 0.05) is 31.0 Å². The first-order valence-electron chi connectivity index (χ1n) is 8.88. The van der Waals surface area contributed by atoms with E-state index < -0.39 is 0 Å². The van der Waals surface area contributed by atoms with Crippen LogP contribution >= 0.6 is 24.4 Å². The Labute approximate surface area is 167 Å². The molecule has 0 amide bonds. The van der Waals surface area contributed by atoms with Gasteiger partial charge >= 0.3 is 0 Å². The van der Waals surface area contributed by atoms with Gasteiger partial charge in [-0.2, -0.15) is 0 Å². The second-order valence-corrected chi connectivity index (χ2v) is 6.55. The second kappa shape index (κ2) is 10.7. The lowest BCUT2D eigenvalue weighted by Crippen LogP contribution is -2.41. The third-order valence-corrected chi connectivity index (χ3v) is 4.43. The lowest BCUT2D eigenvalue weighted by molar-refractivity contribution is 0.886. The first-order valence-corrected chi connectivity index (χ1v) is 9.70. The van der Waals surface area contributed by atoms with Crippen molar-refractivity contribution in [3.05, 3.63) is 60.2 Å². The minimum atomic E-state index is 0.629. The number of benzene rings is 2. The van der Waals surface area contributed by atoms with Gasteiger partial charge in [-0.3, -0.25) is 0 Å². The third kappa shape index (κ3) is 6.28. The summed E-state index contributed by atoms with van der Waals surface area (Å²) in [5, 5.41) is 10.9. The van der Waals surface area contributed by atoms with E-state index in [0.717, 1.165) is 42.5 Å². The van der Waals surface area contributed by atoms with Crippen LogP contribution in [-0.4, -0.2) is 29.9 Å². The molecule has 0 aliphatic carbocycles. The number of nitrogens with zero attached hydrogens (tertiary/aromatic N) is 1. The van der Waals surface area contributed by atoms with Crippen molar-refractivity contribution in [1.29, 1.82) is 0 Å². The fourth-order valence-electron chi connectivity index (χ4n) is 2.54. The van der Waals surface area contributed by atoms with Crippen LogP contribution in [0.1, 0.15) is 19.4 Å². The van der Waals surface area contributed by atoms with Gasteiger partial charge in [-0.1, -0.05) is 30.3 Å². The zero-order valence-electron chi connectivity index (χ0n) is 15.3. The van der Waals surface area contributed by atoms with E-state index in [2.05, 4.69) is 64.2 Å². The molecule has 0 bridgehead atoms. The molecular formula is C20H26N4S2. The second-order valence-electron chi connectivity index (χ2n) is 5.75. The minimum Gasteiger partial charge on any atom is -0.363 e. The van der Waals surface area contributed by atoms with Crippen molar-refractivity contribution in [3.8, 4) is 0 Å². The summed E-state index contributed by atoms with van der Waals surface area (Å²) >= 11 is 10.8. The molecule has 0 aliphatic heterocycles. The lowest BCUT2D eigenvalue weighted by atomic mass is 10.1. The number of hydrogen-bond acceptors (Lipinski definition) is 2. The number of thiocarbonyl (C=S) groups is 2. The molecule has 2 aromatic carbocycles. The smallest absolute Gasteiger partial charge is 0.173 e. The van der Waals surface area contributed by atoms with E-state index in [9.17, 15) is 0 Å². The van der Waals surface area contributed by atoms with Crippen LogP contribution < -0.4 is 20.9 Å². The van der Waals surface area contributed by atoms with Crippen molar-refractivity contribution in [2.45, 2.75) is 20.3 Å². The van der Waals surface area contributed by atoms with Crippen LogP contribution in [0.2, 0.25) is 0 Å². The first-order chi connectivity index (χ1) is 12.6. The molecule has 0 saturated heterocycles. The van der Waals surface area contributed by atoms with Crippen LogP contribution in [0.5, 0.6) is 0 Å². The van der Waals surface area contributed by atoms with Gasteiger partial charge in [0.25, 0.3) is 0 Å². The predicted octanol–water partition coefficient (Wildman–Crippen LogP) is 3.94. The lowest BCUT2D eigenvalue weighted by Gasteiger charge is -2.26. The maximum atomic E-state index is 5.58. The van der Waals surface area contributed by atoms with Crippen LogP contribution in [0.15, 0.2) is 54.6 Å². The summed E-state index contributed by atoms with van der Waals surface area (Å²) in [6.07, 6.45) is 0.927. The fourth-order valence-corrected chi connectivity index (χ4v) is 3.14. The average Bonchev–Trinajstić information content (AvgIpc) is 2.64. The van der Waals surface area contributed by atoms with Crippen LogP contribution in [0.25, 0.3) is 0 Å². The molecule has 138 valence electrons. The van der Waals surface area contributed by atoms with Crippen LogP contribution in [0.3, 0.4) is 0 Å². The maximum absolute atomic E-state index is 5.58. The summed E-state index contributed by atoms with van der Waals surface area (Å²) in [6, 6.07) is 18.6. The molecule has 0 aromatic heterocycles. The van der Waals surface area contributed by atoms with Crippen molar-refractivity contribution in [3.63, 3.8) is 0 Å². The normalized spacial score (nSPS) is 10.1. The van der Waals surface area contributed by atoms with E-state index in [1.807, 2.05) is 25.1 Å². The summed E-state index contributed by atoms with van der Waals surface area (Å²) in [5.74, 6) is 0. The van der Waals surface area contributed by atoms with Crippen molar-refractivity contribution in [1.82, 2.24) is 10.6 Å². The number of nitrogens with one attached hydrogen (secondary N) is 3. The highest BCUT2D eigenvalue weighted by Crippen LogP contribution is 2.19. The number of anilines is 2. The largest absolute Gasteiger partial charge is 0.363 e. The Morgan fingerprint density at radius 2 is 1.54 bits per heavy atom. The molecule has 0 atom stereocenters. The molecule has 0 saturated carbocycles. The maximum Gasteiger partial charge on any atom is 0.173 e. The fraction of sp³-hybridized carbons (Fsp3) is 0.300. The van der Waals surface area contributed by atoms with Crippen LogP contribution in [-0.2, 0) is 6.42 Å². The predicted molar refractivity (Wildman–Crippen MR) is 120 cm³/mol. The summed E-state index contributed by atoms with van der Waals surface area (Å²) in [5.41, 5.74) is 3.31. The standard InChI is InChI=1S/C20H26N4S2/c1-3-21-19(25)23-17-10-12-18(13-11-17)24(20(26)22-4-2)15-14-16-8-6-5-7-9-16/h5-13H,3-4,14-15H2,1-2H3,(H,22,26)(H2,21,23,25). The molecule has 6 heteroatoms. The van der Waals surface area contributed by atoms with Crippen molar-refractivity contribution in [2.24, 2.45) is 0 Å². The molecule has 0 heterocycles. The molecular weight excluding hydrogens is 360 g/mol. The molecule has 26 heavy (non-hydrogen) atoms. The number of hydrogen-bond donors (Lipinski definition) is 3. The van der Waals surface area contributed by atoms with Crippen molar-refractivity contribution in [2.75, 3.05) is 29.9 Å². The Bertz CT molecular complexity index is 702. The summed E-state index contributed by atoms with van der Waals surface area (Å²) < 4.78 is 0. The highest BCUT2D eigenvalue weighted by molar-refractivity contribution is 7.80. The quantitative estimate of drug-likeness (QED) is 0.626. The van der Waals surface area contributed by atoms with Crippen molar-refractivity contribution < 1.29 is 0 Å². The molecule has 0 aliphatic rings. The average molecular weight is 387 g/mol. The Morgan fingerprint density at radius 1 is 0.885 bits per heavy atom. The van der Waals surface area contributed by atoms with Gasteiger partial charge in [0.1, 0.15) is 0 Å². The molecule has 2 rings (SSSR count). The molecule has 0 spiro atoms. The zero-order chi connectivity index (χ0) is 18.8. The Hall–Kier alpha value is -2.18. The van der Waals surface area contributed by atoms with Gasteiger partial charge < -0.3 is 20.9 Å². The Kier molecular flexibility index (Phi) is 8.31. The zero-order valence-corrected chi connectivity index (χ0v) is 16.9. The Balaban J connectivity index is 2.08. The van der Waals surface area contributed by atoms with E-state index >= 15 is 0 Å². The van der Waals surface area contributed by atoms with Gasteiger partial charge in [-0.25, -0.2) is 0 Å². The summed E-state index contributed by atoms with van der Waals surface area (Å²) in [6.45, 7) is 6.49. The van der Waals surface area contributed by atoms with Gasteiger partial charge in [0.05, 0.1) is 0 Å². The number of rotatable bonds is 7. The highest BCUT2D eigenvalue weighted by atomic mass is 32.1. The van der Waals surface area contributed by atoms with Crippen LogP contribution in [0, 0.1) is 0 Å². The highest BCUT2D eigenvalue weighted by Gasteiger charge is 2.12. The van der Waals surface area contributed by atoms with Gasteiger partial charge in [-0.15, -0.1) is 0 Å². The van der Waals surface area contributed by atoms with Gasteiger partial charge in [-0.05, 0) is 74.5 Å². The molecule has 2 aromatic rings. The molecule has 3 N–H and O–H groups in total. The monoisotopic (exact) mass is 386 g/mol. The van der Waals surface area contributed by atoms with E-state index in [4.69, 9.17) is 24.4 Å². The van der Waals surface area contributed by atoms with E-state index in [1.54, 1.807) is 0 Å². The summed E-state index contributed by atoms with van der Waals surface area (Å²) in [7, 11) is 0. The first kappa shape index (κ1) is 20.1. The van der Waals surface area contributed by atoms with Gasteiger partial charge in [0.15, 0.2) is 10.2 Å². The molecule has 0 fully saturated rings.